The maximum absolute atomic E-state index is 12.8. The lowest BCUT2D eigenvalue weighted by atomic mass is 10.2. The summed E-state index contributed by atoms with van der Waals surface area (Å²) in [5, 5.41) is 0. The number of benzene rings is 1. The van der Waals surface area contributed by atoms with Crippen LogP contribution in [-0.4, -0.2) is 37.2 Å². The van der Waals surface area contributed by atoms with Crippen LogP contribution in [0.25, 0.3) is 0 Å². The number of hydrazine groups is 1. The summed E-state index contributed by atoms with van der Waals surface area (Å²) < 4.78 is 23.5. The van der Waals surface area contributed by atoms with Gasteiger partial charge in [0.15, 0.2) is 0 Å². The highest BCUT2D eigenvalue weighted by molar-refractivity contribution is 5.95. The average molecular weight is 310 g/mol. The van der Waals surface area contributed by atoms with Crippen molar-refractivity contribution < 1.29 is 23.5 Å². The van der Waals surface area contributed by atoms with Gasteiger partial charge in [-0.05, 0) is 44.0 Å². The monoisotopic (exact) mass is 310 g/mol. The van der Waals surface area contributed by atoms with Crippen LogP contribution in [0.3, 0.4) is 0 Å². The van der Waals surface area contributed by atoms with Crippen LogP contribution >= 0.6 is 0 Å². The molecule has 2 N–H and O–H groups in total. The molecule has 0 saturated carbocycles. The molecule has 2 unspecified atom stereocenters. The van der Waals surface area contributed by atoms with E-state index in [0.29, 0.717) is 6.61 Å². The molecule has 1 saturated heterocycles. The Labute approximate surface area is 127 Å². The van der Waals surface area contributed by atoms with Gasteiger partial charge in [-0.15, -0.1) is 0 Å². The first kappa shape index (κ1) is 16.4. The molecule has 0 aliphatic carbocycles. The van der Waals surface area contributed by atoms with Crippen LogP contribution in [0.4, 0.5) is 4.39 Å². The average Bonchev–Trinajstić information content (AvgIpc) is 3.04. The number of amides is 2. The van der Waals surface area contributed by atoms with Crippen molar-refractivity contribution in [2.75, 3.05) is 13.2 Å². The summed E-state index contributed by atoms with van der Waals surface area (Å²) in [6.07, 6.45) is 1.25. The van der Waals surface area contributed by atoms with Gasteiger partial charge in [-0.25, -0.2) is 4.39 Å². The number of ether oxygens (including phenoxy) is 2. The Hall–Kier alpha value is -1.99. The van der Waals surface area contributed by atoms with Gasteiger partial charge in [0.05, 0.1) is 12.7 Å². The van der Waals surface area contributed by atoms with E-state index in [2.05, 4.69) is 10.9 Å². The van der Waals surface area contributed by atoms with Gasteiger partial charge in [0.25, 0.3) is 11.8 Å². The molecule has 1 aromatic carbocycles. The van der Waals surface area contributed by atoms with Gasteiger partial charge in [-0.2, -0.15) is 0 Å². The van der Waals surface area contributed by atoms with Crippen molar-refractivity contribution in [2.24, 2.45) is 0 Å². The van der Waals surface area contributed by atoms with Gasteiger partial charge < -0.3 is 9.47 Å². The standard InChI is InChI=1S/C15H19FN2O4/c1-10(22-9-13-3-2-8-21-13)14(19)17-18-15(20)11-4-6-12(16)7-5-11/h4-7,10,13H,2-3,8-9H2,1H3,(H,17,19)(H,18,20). The minimum atomic E-state index is -0.710. The third-order valence-electron chi connectivity index (χ3n) is 3.33. The lowest BCUT2D eigenvalue weighted by molar-refractivity contribution is -0.134. The molecule has 6 nitrogen and oxygen atoms in total. The maximum Gasteiger partial charge on any atom is 0.269 e. The number of rotatable bonds is 5. The first-order chi connectivity index (χ1) is 10.6. The molecule has 1 fully saturated rings. The van der Waals surface area contributed by atoms with Crippen LogP contribution in [0.2, 0.25) is 0 Å². The van der Waals surface area contributed by atoms with Crippen molar-refractivity contribution in [2.45, 2.75) is 32.0 Å². The summed E-state index contributed by atoms with van der Waals surface area (Å²) in [5.74, 6) is -1.43. The van der Waals surface area contributed by atoms with Crippen molar-refractivity contribution in [3.05, 3.63) is 35.6 Å². The van der Waals surface area contributed by atoms with E-state index >= 15 is 0 Å². The Bertz CT molecular complexity index is 515. The van der Waals surface area contributed by atoms with E-state index in [9.17, 15) is 14.0 Å². The van der Waals surface area contributed by atoms with Gasteiger partial charge in [0, 0.05) is 12.2 Å². The van der Waals surface area contributed by atoms with E-state index < -0.39 is 23.7 Å². The molecule has 2 atom stereocenters. The number of carbonyl (C=O) groups excluding carboxylic acids is 2. The van der Waals surface area contributed by atoms with Crippen LogP contribution in [0.15, 0.2) is 24.3 Å². The number of hydrogen-bond donors (Lipinski definition) is 2. The lowest BCUT2D eigenvalue weighted by Crippen LogP contribution is -2.46. The fraction of sp³-hybridized carbons (Fsp3) is 0.467. The van der Waals surface area contributed by atoms with Crippen LogP contribution in [0.5, 0.6) is 0 Å². The fourth-order valence-electron chi connectivity index (χ4n) is 2.00. The first-order valence-electron chi connectivity index (χ1n) is 7.15. The lowest BCUT2D eigenvalue weighted by Gasteiger charge is -2.16. The normalized spacial score (nSPS) is 18.7. The third-order valence-corrected chi connectivity index (χ3v) is 3.33. The highest BCUT2D eigenvalue weighted by Gasteiger charge is 2.20. The minimum absolute atomic E-state index is 0.0315. The summed E-state index contributed by atoms with van der Waals surface area (Å²) in [5.41, 5.74) is 4.77. The Kier molecular flexibility index (Phi) is 5.85. The van der Waals surface area contributed by atoms with Crippen LogP contribution < -0.4 is 10.9 Å². The second-order valence-corrected chi connectivity index (χ2v) is 5.06. The van der Waals surface area contributed by atoms with Crippen molar-refractivity contribution in [1.29, 1.82) is 0 Å². The molecule has 0 radical (unpaired) electrons. The zero-order valence-electron chi connectivity index (χ0n) is 12.3. The van der Waals surface area contributed by atoms with Crippen LogP contribution in [-0.2, 0) is 14.3 Å². The molecule has 1 aliphatic heterocycles. The quantitative estimate of drug-likeness (QED) is 0.801. The summed E-state index contributed by atoms with van der Waals surface area (Å²) in [7, 11) is 0. The molecular weight excluding hydrogens is 291 g/mol. The molecule has 1 heterocycles. The summed E-state index contributed by atoms with van der Waals surface area (Å²) in [4.78, 5) is 23.5. The summed E-state index contributed by atoms with van der Waals surface area (Å²) in [6, 6.07) is 5.00. The predicted octanol–water partition coefficient (Wildman–Crippen LogP) is 1.17. The van der Waals surface area contributed by atoms with Gasteiger partial charge in [-0.1, -0.05) is 0 Å². The Balaban J connectivity index is 1.71. The maximum atomic E-state index is 12.8. The highest BCUT2D eigenvalue weighted by atomic mass is 19.1. The molecule has 0 aromatic heterocycles. The van der Waals surface area contributed by atoms with E-state index in [1.54, 1.807) is 6.92 Å². The topological polar surface area (TPSA) is 76.7 Å². The molecular formula is C15H19FN2O4. The largest absolute Gasteiger partial charge is 0.376 e. The second-order valence-electron chi connectivity index (χ2n) is 5.06. The van der Waals surface area contributed by atoms with E-state index in [1.807, 2.05) is 0 Å². The molecule has 1 aliphatic rings. The van der Waals surface area contributed by atoms with Crippen LogP contribution in [0, 0.1) is 5.82 Å². The van der Waals surface area contributed by atoms with Crippen molar-refractivity contribution >= 4 is 11.8 Å². The molecule has 0 spiro atoms. The minimum Gasteiger partial charge on any atom is -0.376 e. The van der Waals surface area contributed by atoms with E-state index in [4.69, 9.17) is 9.47 Å². The Morgan fingerprint density at radius 3 is 2.73 bits per heavy atom. The third kappa shape index (κ3) is 4.78. The number of hydrogen-bond acceptors (Lipinski definition) is 4. The number of carbonyl (C=O) groups is 2. The number of nitrogens with one attached hydrogen (secondary N) is 2. The molecule has 2 amide bonds. The Morgan fingerprint density at radius 2 is 2.09 bits per heavy atom. The molecule has 2 rings (SSSR count). The van der Waals surface area contributed by atoms with Crippen LogP contribution in [0.1, 0.15) is 30.1 Å². The summed E-state index contributed by atoms with van der Waals surface area (Å²) in [6.45, 7) is 2.66. The molecule has 120 valence electrons. The first-order valence-corrected chi connectivity index (χ1v) is 7.15. The van der Waals surface area contributed by atoms with Crippen molar-refractivity contribution in [3.63, 3.8) is 0 Å². The highest BCUT2D eigenvalue weighted by Crippen LogP contribution is 2.12. The molecule has 7 heteroatoms. The summed E-state index contributed by atoms with van der Waals surface area (Å²) >= 11 is 0. The van der Waals surface area contributed by atoms with Crippen molar-refractivity contribution in [1.82, 2.24) is 10.9 Å². The predicted molar refractivity (Wildman–Crippen MR) is 76.4 cm³/mol. The fourth-order valence-corrected chi connectivity index (χ4v) is 2.00. The van der Waals surface area contributed by atoms with Gasteiger partial charge >= 0.3 is 0 Å². The smallest absolute Gasteiger partial charge is 0.269 e. The van der Waals surface area contributed by atoms with Gasteiger partial charge in [0.2, 0.25) is 0 Å². The van der Waals surface area contributed by atoms with Gasteiger partial charge in [0.1, 0.15) is 11.9 Å². The SMILES string of the molecule is CC(OCC1CCCO1)C(=O)NNC(=O)c1ccc(F)cc1. The molecule has 22 heavy (non-hydrogen) atoms. The number of halogens is 1. The zero-order chi connectivity index (χ0) is 15.9. The van der Waals surface area contributed by atoms with Gasteiger partial charge in [-0.3, -0.25) is 20.4 Å². The van der Waals surface area contributed by atoms with E-state index in [-0.39, 0.29) is 11.7 Å². The zero-order valence-corrected chi connectivity index (χ0v) is 12.3. The Morgan fingerprint density at radius 1 is 1.36 bits per heavy atom. The van der Waals surface area contributed by atoms with E-state index in [0.717, 1.165) is 19.4 Å². The molecule has 0 bridgehead atoms. The molecule has 1 aromatic rings. The van der Waals surface area contributed by atoms with E-state index in [1.165, 1.54) is 24.3 Å². The second kappa shape index (κ2) is 7.86. The van der Waals surface area contributed by atoms with Crippen molar-refractivity contribution in [3.8, 4) is 0 Å².